The molecule has 66 valence electrons. The number of hydrogen-bond acceptors (Lipinski definition) is 3. The summed E-state index contributed by atoms with van der Waals surface area (Å²) in [5.41, 5.74) is 0.948. The normalized spacial score (nSPS) is 9.85. The summed E-state index contributed by atoms with van der Waals surface area (Å²) in [6.45, 7) is 0.492. The molecule has 13 heavy (non-hydrogen) atoms. The highest BCUT2D eigenvalue weighted by Gasteiger charge is 1.94. The second-order valence-electron chi connectivity index (χ2n) is 2.55. The van der Waals surface area contributed by atoms with Crippen LogP contribution in [0.3, 0.4) is 0 Å². The molecule has 2 heterocycles. The van der Waals surface area contributed by atoms with Gasteiger partial charge in [0.15, 0.2) is 0 Å². The van der Waals surface area contributed by atoms with Crippen LogP contribution >= 0.6 is 0 Å². The summed E-state index contributed by atoms with van der Waals surface area (Å²) in [6.07, 6.45) is 6.75. The molecule has 0 spiro atoms. The van der Waals surface area contributed by atoms with E-state index in [9.17, 15) is 0 Å². The molecule has 2 aromatic heterocycles. The van der Waals surface area contributed by atoms with Gasteiger partial charge in [-0.2, -0.15) is 0 Å². The van der Waals surface area contributed by atoms with Crippen LogP contribution in [-0.4, -0.2) is 15.0 Å². The van der Waals surface area contributed by atoms with Crippen molar-refractivity contribution in [2.24, 2.45) is 0 Å². The molecule has 0 saturated carbocycles. The first-order valence-corrected chi connectivity index (χ1v) is 3.95. The lowest BCUT2D eigenvalue weighted by molar-refractivity contribution is 0.300. The number of ether oxygens (including phenoxy) is 1. The maximum Gasteiger partial charge on any atom is 0.138 e. The summed E-state index contributed by atoms with van der Waals surface area (Å²) in [5, 5.41) is 0. The zero-order chi connectivity index (χ0) is 8.93. The third kappa shape index (κ3) is 2.05. The lowest BCUT2D eigenvalue weighted by Gasteiger charge is -2.02. The van der Waals surface area contributed by atoms with E-state index in [1.54, 1.807) is 24.9 Å². The number of aromatic nitrogens is 3. The number of hydrogen-bond donors (Lipinski definition) is 1. The van der Waals surface area contributed by atoms with Crippen molar-refractivity contribution >= 4 is 0 Å². The molecule has 0 aromatic carbocycles. The maximum absolute atomic E-state index is 5.42. The van der Waals surface area contributed by atoms with Crippen molar-refractivity contribution in [2.45, 2.75) is 6.61 Å². The first-order chi connectivity index (χ1) is 6.45. The Kier molecular flexibility index (Phi) is 2.22. The Hall–Kier alpha value is -1.84. The first kappa shape index (κ1) is 7.79. The monoisotopic (exact) mass is 175 g/mol. The van der Waals surface area contributed by atoms with Crippen LogP contribution in [0.5, 0.6) is 5.75 Å². The van der Waals surface area contributed by atoms with Gasteiger partial charge in [0.1, 0.15) is 12.4 Å². The van der Waals surface area contributed by atoms with E-state index >= 15 is 0 Å². The molecule has 4 heteroatoms. The minimum atomic E-state index is 0.492. The number of pyridine rings is 1. The summed E-state index contributed by atoms with van der Waals surface area (Å²) in [7, 11) is 0. The Morgan fingerprint density at radius 1 is 1.31 bits per heavy atom. The average Bonchev–Trinajstić information content (AvgIpc) is 2.69. The van der Waals surface area contributed by atoms with Crippen LogP contribution in [0.25, 0.3) is 0 Å². The molecule has 0 aliphatic rings. The van der Waals surface area contributed by atoms with E-state index in [-0.39, 0.29) is 0 Å². The van der Waals surface area contributed by atoms with Crippen molar-refractivity contribution in [3.63, 3.8) is 0 Å². The second kappa shape index (κ2) is 3.71. The Balaban J connectivity index is 1.94. The second-order valence-corrected chi connectivity index (χ2v) is 2.55. The van der Waals surface area contributed by atoms with Gasteiger partial charge in [-0.15, -0.1) is 0 Å². The largest absolute Gasteiger partial charge is 0.486 e. The van der Waals surface area contributed by atoms with Crippen molar-refractivity contribution < 1.29 is 4.74 Å². The van der Waals surface area contributed by atoms with Crippen molar-refractivity contribution in [1.29, 1.82) is 0 Å². The lowest BCUT2D eigenvalue weighted by Crippen LogP contribution is -1.95. The molecule has 0 radical (unpaired) electrons. The van der Waals surface area contributed by atoms with Gasteiger partial charge in [0.25, 0.3) is 0 Å². The fraction of sp³-hybridized carbons (Fsp3) is 0.111. The summed E-state index contributed by atoms with van der Waals surface area (Å²) in [5.74, 6) is 0.761. The zero-order valence-corrected chi connectivity index (χ0v) is 6.97. The minimum absolute atomic E-state index is 0.492. The predicted molar refractivity (Wildman–Crippen MR) is 47.2 cm³/mol. The van der Waals surface area contributed by atoms with E-state index in [1.807, 2.05) is 12.1 Å². The SMILES string of the molecule is c1cncc(OCc2cnc[nH]2)c1. The number of imidazole rings is 1. The van der Waals surface area contributed by atoms with Crippen LogP contribution in [0, 0.1) is 0 Å². The number of nitrogens with zero attached hydrogens (tertiary/aromatic N) is 2. The van der Waals surface area contributed by atoms with Crippen LogP contribution in [0.4, 0.5) is 0 Å². The molecule has 0 aliphatic carbocycles. The number of aromatic amines is 1. The van der Waals surface area contributed by atoms with Gasteiger partial charge in [-0.3, -0.25) is 4.98 Å². The predicted octanol–water partition coefficient (Wildman–Crippen LogP) is 1.38. The Morgan fingerprint density at radius 3 is 3.00 bits per heavy atom. The third-order valence-corrected chi connectivity index (χ3v) is 1.58. The summed E-state index contributed by atoms with van der Waals surface area (Å²) < 4.78 is 5.42. The van der Waals surface area contributed by atoms with Crippen LogP contribution in [0.15, 0.2) is 37.1 Å². The maximum atomic E-state index is 5.42. The molecule has 0 amide bonds. The van der Waals surface area contributed by atoms with E-state index in [0.717, 1.165) is 11.4 Å². The van der Waals surface area contributed by atoms with Gasteiger partial charge in [-0.25, -0.2) is 4.98 Å². The van der Waals surface area contributed by atoms with Gasteiger partial charge in [-0.1, -0.05) is 0 Å². The van der Waals surface area contributed by atoms with Crippen molar-refractivity contribution in [1.82, 2.24) is 15.0 Å². The van der Waals surface area contributed by atoms with Crippen molar-refractivity contribution in [3.05, 3.63) is 42.7 Å². The average molecular weight is 175 g/mol. The molecule has 0 bridgehead atoms. The van der Waals surface area contributed by atoms with Crippen LogP contribution in [0.1, 0.15) is 5.69 Å². The van der Waals surface area contributed by atoms with Gasteiger partial charge in [0.05, 0.1) is 24.4 Å². The molecular formula is C9H9N3O. The first-order valence-electron chi connectivity index (χ1n) is 3.95. The smallest absolute Gasteiger partial charge is 0.138 e. The molecule has 0 fully saturated rings. The molecule has 4 nitrogen and oxygen atoms in total. The van der Waals surface area contributed by atoms with Crippen molar-refractivity contribution in [3.8, 4) is 5.75 Å². The van der Waals surface area contributed by atoms with Crippen LogP contribution in [-0.2, 0) is 6.61 Å². The standard InChI is InChI=1S/C9H9N3O/c1-2-9(5-10-3-1)13-6-8-4-11-7-12-8/h1-5,7H,6H2,(H,11,12). The Labute approximate surface area is 75.6 Å². The van der Waals surface area contributed by atoms with Gasteiger partial charge in [0, 0.05) is 6.20 Å². The fourth-order valence-electron chi connectivity index (χ4n) is 0.957. The van der Waals surface area contributed by atoms with E-state index in [1.165, 1.54) is 0 Å². The summed E-state index contributed by atoms with van der Waals surface area (Å²) in [4.78, 5) is 10.8. The van der Waals surface area contributed by atoms with Crippen molar-refractivity contribution in [2.75, 3.05) is 0 Å². The Bertz CT molecular complexity index is 344. The summed E-state index contributed by atoms with van der Waals surface area (Å²) >= 11 is 0. The van der Waals surface area contributed by atoms with Gasteiger partial charge < -0.3 is 9.72 Å². The molecule has 0 unspecified atom stereocenters. The van der Waals surface area contributed by atoms with E-state index in [4.69, 9.17) is 4.74 Å². The van der Waals surface area contributed by atoms with Crippen LogP contribution in [0.2, 0.25) is 0 Å². The summed E-state index contributed by atoms with van der Waals surface area (Å²) in [6, 6.07) is 3.70. The van der Waals surface area contributed by atoms with Gasteiger partial charge in [-0.05, 0) is 12.1 Å². The molecule has 2 rings (SSSR count). The topological polar surface area (TPSA) is 50.8 Å². The quantitative estimate of drug-likeness (QED) is 0.766. The molecule has 0 saturated heterocycles. The highest BCUT2D eigenvalue weighted by molar-refractivity contribution is 5.15. The lowest BCUT2D eigenvalue weighted by atomic mass is 10.4. The zero-order valence-electron chi connectivity index (χ0n) is 6.97. The molecule has 2 aromatic rings. The molecular weight excluding hydrogens is 166 g/mol. The highest BCUT2D eigenvalue weighted by Crippen LogP contribution is 2.08. The van der Waals surface area contributed by atoms with Gasteiger partial charge in [0.2, 0.25) is 0 Å². The number of rotatable bonds is 3. The molecule has 1 N–H and O–H groups in total. The Morgan fingerprint density at radius 2 is 2.31 bits per heavy atom. The minimum Gasteiger partial charge on any atom is -0.486 e. The molecule has 0 aliphatic heterocycles. The number of H-pyrrole nitrogens is 1. The van der Waals surface area contributed by atoms with E-state index in [0.29, 0.717) is 6.61 Å². The molecule has 0 atom stereocenters. The van der Waals surface area contributed by atoms with Crippen LogP contribution < -0.4 is 4.74 Å². The fourth-order valence-corrected chi connectivity index (χ4v) is 0.957. The van der Waals surface area contributed by atoms with E-state index < -0.39 is 0 Å². The van der Waals surface area contributed by atoms with E-state index in [2.05, 4.69) is 15.0 Å². The number of nitrogens with one attached hydrogen (secondary N) is 1. The highest BCUT2D eigenvalue weighted by atomic mass is 16.5. The van der Waals surface area contributed by atoms with Gasteiger partial charge >= 0.3 is 0 Å². The third-order valence-electron chi connectivity index (χ3n) is 1.58.